The van der Waals surface area contributed by atoms with Gasteiger partial charge in [-0.2, -0.15) is 10.1 Å². The van der Waals surface area contributed by atoms with Gasteiger partial charge in [-0.25, -0.2) is 9.50 Å². The Morgan fingerprint density at radius 3 is 2.96 bits per heavy atom. The number of carbonyl (C=O) groups is 1. The number of nitrogens with zero attached hydrogens (tertiary/aromatic N) is 5. The molecule has 2 aromatic heterocycles. The number of amides is 1. The number of fused-ring (bicyclic) bond motifs is 1. The quantitative estimate of drug-likeness (QED) is 0.826. The van der Waals surface area contributed by atoms with Crippen molar-refractivity contribution in [1.29, 1.82) is 0 Å². The van der Waals surface area contributed by atoms with Gasteiger partial charge in [-0.3, -0.25) is 4.79 Å². The van der Waals surface area contributed by atoms with E-state index in [4.69, 9.17) is 4.74 Å². The second-order valence-corrected chi connectivity index (χ2v) is 8.13. The smallest absolute Gasteiger partial charge is 0.252 e. The van der Waals surface area contributed by atoms with E-state index in [0.717, 1.165) is 42.9 Å². The Hall–Kier alpha value is -2.02. The number of rotatable bonds is 4. The summed E-state index contributed by atoms with van der Waals surface area (Å²) in [6, 6.07) is 0. The molecule has 1 amide bonds. The first-order valence-electron chi connectivity index (χ1n) is 10.0. The van der Waals surface area contributed by atoms with Crippen LogP contribution in [0.2, 0.25) is 0 Å². The van der Waals surface area contributed by atoms with Crippen molar-refractivity contribution in [2.75, 3.05) is 20.2 Å². The largest absolute Gasteiger partial charge is 0.381 e. The summed E-state index contributed by atoms with van der Waals surface area (Å²) in [7, 11) is 1.82. The highest BCUT2D eigenvalue weighted by atomic mass is 16.5. The highest BCUT2D eigenvalue weighted by Gasteiger charge is 2.46. The van der Waals surface area contributed by atoms with E-state index in [0.29, 0.717) is 24.7 Å². The molecule has 4 rings (SSSR count). The highest BCUT2D eigenvalue weighted by Crippen LogP contribution is 2.46. The van der Waals surface area contributed by atoms with Crippen molar-refractivity contribution in [3.63, 3.8) is 0 Å². The van der Waals surface area contributed by atoms with E-state index in [1.54, 1.807) is 4.52 Å². The molecule has 1 saturated heterocycles. The summed E-state index contributed by atoms with van der Waals surface area (Å²) in [5.74, 6) is 0.859. The van der Waals surface area contributed by atoms with E-state index >= 15 is 0 Å². The number of hydrogen-bond donors (Lipinski definition) is 0. The van der Waals surface area contributed by atoms with E-state index in [-0.39, 0.29) is 11.3 Å². The third-order valence-corrected chi connectivity index (χ3v) is 6.65. The van der Waals surface area contributed by atoms with Crippen LogP contribution in [-0.2, 0) is 16.0 Å². The fraction of sp³-hybridized carbons (Fsp3) is 0.700. The van der Waals surface area contributed by atoms with Crippen LogP contribution in [0.15, 0.2) is 6.33 Å². The SMILES string of the molecule is CO[C@@H]1CCC[C@@]12CCCN(C(=O)CCc1c(C)nc3ncnn3c1C)C2. The van der Waals surface area contributed by atoms with E-state index < -0.39 is 0 Å². The Bertz CT molecular complexity index is 848. The molecule has 2 aromatic rings. The van der Waals surface area contributed by atoms with Gasteiger partial charge in [-0.05, 0) is 51.5 Å². The van der Waals surface area contributed by atoms with Crippen molar-refractivity contribution >= 4 is 11.7 Å². The van der Waals surface area contributed by atoms with Crippen LogP contribution in [0.1, 0.15) is 55.5 Å². The second kappa shape index (κ2) is 7.19. The molecule has 1 spiro atoms. The van der Waals surface area contributed by atoms with E-state index in [2.05, 4.69) is 20.0 Å². The first kappa shape index (κ1) is 18.3. The zero-order chi connectivity index (χ0) is 19.0. The third kappa shape index (κ3) is 3.22. The molecule has 146 valence electrons. The van der Waals surface area contributed by atoms with Crippen molar-refractivity contribution in [1.82, 2.24) is 24.5 Å². The molecule has 7 heteroatoms. The number of aromatic nitrogens is 4. The van der Waals surface area contributed by atoms with Crippen LogP contribution in [-0.4, -0.2) is 56.7 Å². The predicted octanol–water partition coefficient (Wildman–Crippen LogP) is 2.48. The van der Waals surface area contributed by atoms with Gasteiger partial charge >= 0.3 is 0 Å². The van der Waals surface area contributed by atoms with E-state index in [9.17, 15) is 4.79 Å². The Morgan fingerprint density at radius 1 is 1.33 bits per heavy atom. The lowest BCUT2D eigenvalue weighted by Gasteiger charge is -2.43. The summed E-state index contributed by atoms with van der Waals surface area (Å²) < 4.78 is 7.52. The van der Waals surface area contributed by atoms with Crippen molar-refractivity contribution in [2.24, 2.45) is 5.41 Å². The van der Waals surface area contributed by atoms with Crippen molar-refractivity contribution in [3.8, 4) is 0 Å². The van der Waals surface area contributed by atoms with Crippen molar-refractivity contribution < 1.29 is 9.53 Å². The summed E-state index contributed by atoms with van der Waals surface area (Å²) >= 11 is 0. The number of piperidine rings is 1. The minimum atomic E-state index is 0.176. The predicted molar refractivity (Wildman–Crippen MR) is 101 cm³/mol. The zero-order valence-corrected chi connectivity index (χ0v) is 16.6. The summed E-state index contributed by atoms with van der Waals surface area (Å²) in [6.07, 6.45) is 8.80. The zero-order valence-electron chi connectivity index (χ0n) is 16.6. The highest BCUT2D eigenvalue weighted by molar-refractivity contribution is 5.76. The number of hydrogen-bond acceptors (Lipinski definition) is 5. The van der Waals surface area contributed by atoms with Gasteiger partial charge in [0, 0.05) is 43.4 Å². The molecule has 2 aliphatic rings. The van der Waals surface area contributed by atoms with Gasteiger partial charge < -0.3 is 9.64 Å². The molecular weight excluding hydrogens is 342 g/mol. The molecule has 1 aliphatic heterocycles. The van der Waals surface area contributed by atoms with Crippen LogP contribution in [0, 0.1) is 19.3 Å². The molecule has 27 heavy (non-hydrogen) atoms. The summed E-state index contributed by atoms with van der Waals surface area (Å²) in [4.78, 5) is 23.7. The summed E-state index contributed by atoms with van der Waals surface area (Å²) in [6.45, 7) is 5.73. The fourth-order valence-electron chi connectivity index (χ4n) is 5.22. The number of carbonyl (C=O) groups excluding carboxylic acids is 1. The Morgan fingerprint density at radius 2 is 2.15 bits per heavy atom. The molecule has 0 radical (unpaired) electrons. The fourth-order valence-corrected chi connectivity index (χ4v) is 5.22. The van der Waals surface area contributed by atoms with E-state index in [1.807, 2.05) is 21.0 Å². The summed E-state index contributed by atoms with van der Waals surface area (Å²) in [5.41, 5.74) is 3.23. The number of aryl methyl sites for hydroxylation is 2. The van der Waals surface area contributed by atoms with Crippen LogP contribution in [0.25, 0.3) is 5.78 Å². The number of likely N-dealkylation sites (tertiary alicyclic amines) is 1. The van der Waals surface area contributed by atoms with Gasteiger partial charge in [0.1, 0.15) is 6.33 Å². The Kier molecular flexibility index (Phi) is 4.88. The number of methoxy groups -OCH3 is 1. The first-order valence-corrected chi connectivity index (χ1v) is 10.0. The maximum atomic E-state index is 13.0. The lowest BCUT2D eigenvalue weighted by Crippen LogP contribution is -2.49. The van der Waals surface area contributed by atoms with Gasteiger partial charge in [0.15, 0.2) is 0 Å². The average Bonchev–Trinajstić information content (AvgIpc) is 3.28. The van der Waals surface area contributed by atoms with Crippen LogP contribution in [0.5, 0.6) is 0 Å². The minimum absolute atomic E-state index is 0.176. The van der Waals surface area contributed by atoms with Crippen molar-refractivity contribution in [2.45, 2.75) is 64.9 Å². The molecule has 1 saturated carbocycles. The van der Waals surface area contributed by atoms with Crippen LogP contribution < -0.4 is 0 Å². The van der Waals surface area contributed by atoms with Gasteiger partial charge in [0.05, 0.1) is 6.10 Å². The first-order chi connectivity index (χ1) is 13.0. The maximum absolute atomic E-state index is 13.0. The van der Waals surface area contributed by atoms with Gasteiger partial charge in [-0.15, -0.1) is 0 Å². The molecule has 2 atom stereocenters. The minimum Gasteiger partial charge on any atom is -0.381 e. The molecule has 0 aromatic carbocycles. The van der Waals surface area contributed by atoms with Crippen LogP contribution >= 0.6 is 0 Å². The van der Waals surface area contributed by atoms with Crippen LogP contribution in [0.4, 0.5) is 0 Å². The second-order valence-electron chi connectivity index (χ2n) is 8.13. The summed E-state index contributed by atoms with van der Waals surface area (Å²) in [5, 5.41) is 4.24. The standard InChI is InChI=1S/C20H29N5O2/c1-14-16(15(2)25-19(23-14)21-13-22-25)7-8-18(26)24-11-5-10-20(12-24)9-4-6-17(20)27-3/h13,17H,4-12H2,1-3H3/t17-,20+/m1/s1. The van der Waals surface area contributed by atoms with Crippen molar-refractivity contribution in [3.05, 3.63) is 23.3 Å². The topological polar surface area (TPSA) is 72.6 Å². The Balaban J connectivity index is 1.45. The van der Waals surface area contributed by atoms with Gasteiger partial charge in [-0.1, -0.05) is 6.42 Å². The van der Waals surface area contributed by atoms with E-state index in [1.165, 1.54) is 25.6 Å². The molecule has 1 aliphatic carbocycles. The average molecular weight is 371 g/mol. The lowest BCUT2D eigenvalue weighted by molar-refractivity contribution is -0.137. The monoisotopic (exact) mass is 371 g/mol. The molecular formula is C20H29N5O2. The molecule has 0 bridgehead atoms. The normalized spacial score (nSPS) is 25.6. The molecule has 0 unspecified atom stereocenters. The van der Waals surface area contributed by atoms with Crippen LogP contribution in [0.3, 0.4) is 0 Å². The van der Waals surface area contributed by atoms with Gasteiger partial charge in [0.25, 0.3) is 5.78 Å². The Labute approximate surface area is 160 Å². The molecule has 7 nitrogen and oxygen atoms in total. The lowest BCUT2D eigenvalue weighted by atomic mass is 9.76. The molecule has 0 N–H and O–H groups in total. The third-order valence-electron chi connectivity index (χ3n) is 6.65. The maximum Gasteiger partial charge on any atom is 0.252 e. The number of ether oxygens (including phenoxy) is 1. The molecule has 2 fully saturated rings. The van der Waals surface area contributed by atoms with Gasteiger partial charge in [0.2, 0.25) is 5.91 Å². The molecule has 3 heterocycles.